The lowest BCUT2D eigenvalue weighted by Gasteiger charge is -2.21. The molecule has 94 valence electrons. The lowest BCUT2D eigenvalue weighted by atomic mass is 10.0. The first-order chi connectivity index (χ1) is 8.67. The Morgan fingerprint density at radius 1 is 1.28 bits per heavy atom. The number of aromatic nitrogens is 4. The summed E-state index contributed by atoms with van der Waals surface area (Å²) in [6, 6.07) is 8.68. The predicted octanol–water partition coefficient (Wildman–Crippen LogP) is 2.26. The minimum Gasteiger partial charge on any atom is -0.382 e. The van der Waals surface area contributed by atoms with Crippen LogP contribution in [0.1, 0.15) is 26.7 Å². The van der Waals surface area contributed by atoms with Gasteiger partial charge < -0.3 is 5.32 Å². The summed E-state index contributed by atoms with van der Waals surface area (Å²) in [6.45, 7) is 4.59. The van der Waals surface area contributed by atoms with Crippen LogP contribution in [0.2, 0.25) is 0 Å². The van der Waals surface area contributed by atoms with E-state index in [0.717, 1.165) is 11.4 Å². The van der Waals surface area contributed by atoms with Gasteiger partial charge in [0.05, 0.1) is 5.69 Å². The molecule has 2 aromatic rings. The van der Waals surface area contributed by atoms with E-state index in [9.17, 15) is 0 Å². The summed E-state index contributed by atoms with van der Waals surface area (Å²) in [5.41, 5.74) is 2.59. The number of anilines is 1. The van der Waals surface area contributed by atoms with E-state index >= 15 is 0 Å². The molecule has 1 fully saturated rings. The number of nitrogens with one attached hydrogen (secondary N) is 1. The summed E-state index contributed by atoms with van der Waals surface area (Å²) < 4.78 is 1.65. The van der Waals surface area contributed by atoms with Crippen molar-refractivity contribution in [2.24, 2.45) is 5.41 Å². The molecule has 1 heterocycles. The molecule has 1 aromatic heterocycles. The second kappa shape index (κ2) is 4.08. The Morgan fingerprint density at radius 2 is 2.00 bits per heavy atom. The summed E-state index contributed by atoms with van der Waals surface area (Å²) in [5.74, 6) is 0. The number of benzene rings is 1. The highest BCUT2D eigenvalue weighted by Gasteiger charge is 2.42. The van der Waals surface area contributed by atoms with Crippen molar-refractivity contribution < 1.29 is 0 Å². The summed E-state index contributed by atoms with van der Waals surface area (Å²) in [5, 5.41) is 14.7. The second-order valence-corrected chi connectivity index (χ2v) is 5.32. The zero-order valence-electron chi connectivity index (χ0n) is 10.7. The number of hydrogen-bond acceptors (Lipinski definition) is 4. The molecule has 1 aliphatic carbocycles. The fourth-order valence-corrected chi connectivity index (χ4v) is 2.04. The lowest BCUT2D eigenvalue weighted by molar-refractivity contribution is 0.493. The van der Waals surface area contributed by atoms with Crippen molar-refractivity contribution in [3.05, 3.63) is 30.6 Å². The molecule has 1 saturated carbocycles. The number of rotatable bonds is 4. The van der Waals surface area contributed by atoms with Crippen molar-refractivity contribution in [3.63, 3.8) is 0 Å². The van der Waals surface area contributed by atoms with Gasteiger partial charge in [-0.05, 0) is 59.9 Å². The average Bonchev–Trinajstić information content (AvgIpc) is 2.94. The van der Waals surface area contributed by atoms with E-state index < -0.39 is 0 Å². The number of nitrogens with zero attached hydrogens (tertiary/aromatic N) is 4. The molecule has 0 amide bonds. The first-order valence-corrected chi connectivity index (χ1v) is 6.27. The van der Waals surface area contributed by atoms with Crippen LogP contribution < -0.4 is 5.32 Å². The van der Waals surface area contributed by atoms with E-state index in [1.165, 1.54) is 12.8 Å². The molecule has 1 aliphatic rings. The zero-order chi connectivity index (χ0) is 12.6. The molecule has 0 saturated heterocycles. The predicted molar refractivity (Wildman–Crippen MR) is 69.6 cm³/mol. The van der Waals surface area contributed by atoms with Crippen LogP contribution in [0.15, 0.2) is 30.6 Å². The van der Waals surface area contributed by atoms with Gasteiger partial charge in [-0.1, -0.05) is 6.92 Å². The van der Waals surface area contributed by atoms with Crippen molar-refractivity contribution in [2.75, 3.05) is 5.32 Å². The van der Waals surface area contributed by atoms with Crippen LogP contribution in [0.5, 0.6) is 0 Å². The van der Waals surface area contributed by atoms with E-state index in [0.29, 0.717) is 11.5 Å². The topological polar surface area (TPSA) is 55.6 Å². The largest absolute Gasteiger partial charge is 0.382 e. The molecule has 3 rings (SSSR count). The Balaban J connectivity index is 1.71. The molecule has 0 radical (unpaired) electrons. The van der Waals surface area contributed by atoms with Crippen molar-refractivity contribution in [1.82, 2.24) is 20.2 Å². The maximum absolute atomic E-state index is 3.86. The lowest BCUT2D eigenvalue weighted by Crippen LogP contribution is -2.24. The molecule has 1 N–H and O–H groups in total. The van der Waals surface area contributed by atoms with Gasteiger partial charge in [-0.3, -0.25) is 0 Å². The van der Waals surface area contributed by atoms with Gasteiger partial charge in [-0.25, -0.2) is 4.68 Å². The van der Waals surface area contributed by atoms with E-state index in [1.807, 2.05) is 12.1 Å². The van der Waals surface area contributed by atoms with Crippen LogP contribution in [0, 0.1) is 5.41 Å². The van der Waals surface area contributed by atoms with Gasteiger partial charge in [0.15, 0.2) is 0 Å². The van der Waals surface area contributed by atoms with Crippen LogP contribution in [0.25, 0.3) is 5.69 Å². The van der Waals surface area contributed by atoms with Gasteiger partial charge in [0.25, 0.3) is 0 Å². The molecule has 1 unspecified atom stereocenters. The minimum absolute atomic E-state index is 0.481. The Hall–Kier alpha value is -1.91. The maximum atomic E-state index is 3.86. The summed E-state index contributed by atoms with van der Waals surface area (Å²) in [7, 11) is 0. The third kappa shape index (κ3) is 2.08. The Morgan fingerprint density at radius 3 is 2.56 bits per heavy atom. The minimum atomic E-state index is 0.481. The third-order valence-corrected chi connectivity index (χ3v) is 3.95. The van der Waals surface area contributed by atoms with E-state index in [4.69, 9.17) is 0 Å². The average molecular weight is 243 g/mol. The molecule has 0 spiro atoms. The first-order valence-electron chi connectivity index (χ1n) is 6.27. The fourth-order valence-electron chi connectivity index (χ4n) is 2.04. The van der Waals surface area contributed by atoms with Crippen molar-refractivity contribution in [2.45, 2.75) is 32.7 Å². The maximum Gasteiger partial charge on any atom is 0.143 e. The van der Waals surface area contributed by atoms with Gasteiger partial charge >= 0.3 is 0 Å². The van der Waals surface area contributed by atoms with Gasteiger partial charge in [0.1, 0.15) is 6.33 Å². The van der Waals surface area contributed by atoms with Crippen LogP contribution in [0.4, 0.5) is 5.69 Å². The normalized spacial score (nSPS) is 18.3. The summed E-state index contributed by atoms with van der Waals surface area (Å²) in [4.78, 5) is 0. The first kappa shape index (κ1) is 11.2. The summed E-state index contributed by atoms with van der Waals surface area (Å²) >= 11 is 0. The molecule has 1 atom stereocenters. The van der Waals surface area contributed by atoms with Crippen LogP contribution in [-0.4, -0.2) is 26.2 Å². The van der Waals surface area contributed by atoms with Gasteiger partial charge in [0.2, 0.25) is 0 Å². The highest BCUT2D eigenvalue weighted by Crippen LogP contribution is 2.48. The molecule has 0 bridgehead atoms. The molecule has 5 nitrogen and oxygen atoms in total. The monoisotopic (exact) mass is 243 g/mol. The summed E-state index contributed by atoms with van der Waals surface area (Å²) in [6.07, 6.45) is 4.24. The van der Waals surface area contributed by atoms with E-state index in [2.05, 4.69) is 46.8 Å². The molecular formula is C13H17N5. The van der Waals surface area contributed by atoms with Gasteiger partial charge in [0, 0.05) is 11.7 Å². The van der Waals surface area contributed by atoms with Crippen molar-refractivity contribution in [1.29, 1.82) is 0 Å². The SMILES string of the molecule is CC(Nc1ccc(-n2cnnn2)cc1)C1(C)CC1. The van der Waals surface area contributed by atoms with Crippen LogP contribution >= 0.6 is 0 Å². The van der Waals surface area contributed by atoms with Gasteiger partial charge in [-0.15, -0.1) is 5.10 Å². The smallest absolute Gasteiger partial charge is 0.143 e. The van der Waals surface area contributed by atoms with Crippen LogP contribution in [-0.2, 0) is 0 Å². The Kier molecular flexibility index (Phi) is 2.54. The van der Waals surface area contributed by atoms with E-state index in [1.54, 1.807) is 11.0 Å². The molecule has 18 heavy (non-hydrogen) atoms. The molecule has 0 aliphatic heterocycles. The fraction of sp³-hybridized carbons (Fsp3) is 0.462. The van der Waals surface area contributed by atoms with Crippen molar-refractivity contribution >= 4 is 5.69 Å². The highest BCUT2D eigenvalue weighted by atomic mass is 15.5. The molecule has 1 aromatic carbocycles. The Bertz CT molecular complexity index is 513. The van der Waals surface area contributed by atoms with Crippen molar-refractivity contribution in [3.8, 4) is 5.69 Å². The zero-order valence-corrected chi connectivity index (χ0v) is 10.7. The number of hydrogen-bond donors (Lipinski definition) is 1. The van der Waals surface area contributed by atoms with Crippen LogP contribution in [0.3, 0.4) is 0 Å². The quantitative estimate of drug-likeness (QED) is 0.895. The van der Waals surface area contributed by atoms with E-state index in [-0.39, 0.29) is 0 Å². The highest BCUT2D eigenvalue weighted by molar-refractivity contribution is 5.49. The molecule has 5 heteroatoms. The third-order valence-electron chi connectivity index (χ3n) is 3.95. The molecular weight excluding hydrogens is 226 g/mol. The standard InChI is InChI=1S/C13H17N5/c1-10(13(2)7-8-13)15-11-3-5-12(6-4-11)18-9-14-16-17-18/h3-6,9-10,15H,7-8H2,1-2H3. The number of tetrazole rings is 1. The van der Waals surface area contributed by atoms with Gasteiger partial charge in [-0.2, -0.15) is 0 Å². The second-order valence-electron chi connectivity index (χ2n) is 5.32. The Labute approximate surface area is 106 Å².